The summed E-state index contributed by atoms with van der Waals surface area (Å²) >= 11 is 3.35. The molecule has 0 saturated carbocycles. The molecule has 0 atom stereocenters. The lowest BCUT2D eigenvalue weighted by molar-refractivity contribution is 0.0984. The first-order valence-electron chi connectivity index (χ1n) is 6.90. The molecular weight excluding hydrogens is 333 g/mol. The fraction of sp³-hybridized carbons (Fsp3) is 0.235. The lowest BCUT2D eigenvalue weighted by atomic mass is 10.1. The topological polar surface area (TPSA) is 20.3 Å². The van der Waals surface area contributed by atoms with Crippen molar-refractivity contribution in [2.75, 3.05) is 18.0 Å². The minimum atomic E-state index is -0.254. The number of Topliss-reactive ketones (excluding diaryl/α,β-unsaturated/α-hetero) is 1. The van der Waals surface area contributed by atoms with Gasteiger partial charge in [0.15, 0.2) is 5.78 Å². The fourth-order valence-electron chi connectivity index (χ4n) is 2.17. The Morgan fingerprint density at radius 1 is 1.14 bits per heavy atom. The van der Waals surface area contributed by atoms with Gasteiger partial charge in [-0.3, -0.25) is 4.79 Å². The summed E-state index contributed by atoms with van der Waals surface area (Å²) in [5.74, 6) is -0.187. The molecule has 0 bridgehead atoms. The van der Waals surface area contributed by atoms with E-state index in [-0.39, 0.29) is 11.6 Å². The Morgan fingerprint density at radius 3 is 2.43 bits per heavy atom. The van der Waals surface area contributed by atoms with Gasteiger partial charge in [0.1, 0.15) is 5.82 Å². The van der Waals surface area contributed by atoms with Crippen molar-refractivity contribution in [3.63, 3.8) is 0 Å². The minimum Gasteiger partial charge on any atom is -0.369 e. The quantitative estimate of drug-likeness (QED) is 0.705. The molecule has 0 radical (unpaired) electrons. The van der Waals surface area contributed by atoms with Crippen molar-refractivity contribution in [1.82, 2.24) is 0 Å². The van der Waals surface area contributed by atoms with E-state index < -0.39 is 0 Å². The Kier molecular flexibility index (Phi) is 5.51. The molecule has 0 fully saturated rings. The lowest BCUT2D eigenvalue weighted by Gasteiger charge is -2.23. The van der Waals surface area contributed by atoms with E-state index >= 15 is 0 Å². The van der Waals surface area contributed by atoms with Crippen LogP contribution in [-0.4, -0.2) is 18.9 Å². The standard InChI is InChI=1S/C17H17BrFNO/c1-2-20(16-6-4-3-5-15(16)19)12-11-17(21)13-7-9-14(18)10-8-13/h3-10H,2,11-12H2,1H3. The summed E-state index contributed by atoms with van der Waals surface area (Å²) in [7, 11) is 0. The van der Waals surface area contributed by atoms with Gasteiger partial charge in [-0.1, -0.05) is 40.2 Å². The number of carbonyl (C=O) groups is 1. The van der Waals surface area contributed by atoms with E-state index in [1.807, 2.05) is 24.0 Å². The van der Waals surface area contributed by atoms with E-state index in [9.17, 15) is 9.18 Å². The Balaban J connectivity index is 2.02. The SMILES string of the molecule is CCN(CCC(=O)c1ccc(Br)cc1)c1ccccc1F. The van der Waals surface area contributed by atoms with Gasteiger partial charge < -0.3 is 4.90 Å². The first-order chi connectivity index (χ1) is 10.1. The molecule has 110 valence electrons. The van der Waals surface area contributed by atoms with Crippen LogP contribution >= 0.6 is 15.9 Å². The van der Waals surface area contributed by atoms with Crippen LogP contribution in [0.5, 0.6) is 0 Å². The molecule has 0 N–H and O–H groups in total. The Labute approximate surface area is 132 Å². The molecule has 0 aromatic heterocycles. The molecule has 0 unspecified atom stereocenters. The molecule has 0 aliphatic carbocycles. The smallest absolute Gasteiger partial charge is 0.164 e. The summed E-state index contributed by atoms with van der Waals surface area (Å²) in [5.41, 5.74) is 1.23. The van der Waals surface area contributed by atoms with Crippen molar-refractivity contribution in [2.45, 2.75) is 13.3 Å². The summed E-state index contributed by atoms with van der Waals surface area (Å²) in [6.45, 7) is 3.12. The second kappa shape index (κ2) is 7.36. The zero-order valence-electron chi connectivity index (χ0n) is 11.9. The number of nitrogens with zero attached hydrogens (tertiary/aromatic N) is 1. The number of halogens is 2. The average molecular weight is 350 g/mol. The summed E-state index contributed by atoms with van der Waals surface area (Å²) in [6.07, 6.45) is 0.365. The van der Waals surface area contributed by atoms with Gasteiger partial charge in [0.2, 0.25) is 0 Å². The highest BCUT2D eigenvalue weighted by atomic mass is 79.9. The van der Waals surface area contributed by atoms with Crippen LogP contribution in [0.4, 0.5) is 10.1 Å². The maximum atomic E-state index is 13.8. The van der Waals surface area contributed by atoms with Gasteiger partial charge in [-0.15, -0.1) is 0 Å². The normalized spacial score (nSPS) is 10.4. The number of ketones is 1. The van der Waals surface area contributed by atoms with Crippen LogP contribution in [0.25, 0.3) is 0 Å². The predicted molar refractivity (Wildman–Crippen MR) is 87.4 cm³/mol. The van der Waals surface area contributed by atoms with Crippen LogP contribution < -0.4 is 4.90 Å². The second-order valence-corrected chi connectivity index (χ2v) is 5.63. The number of hydrogen-bond donors (Lipinski definition) is 0. The van der Waals surface area contributed by atoms with Crippen molar-refractivity contribution < 1.29 is 9.18 Å². The number of rotatable bonds is 6. The monoisotopic (exact) mass is 349 g/mol. The summed E-state index contributed by atoms with van der Waals surface area (Å²) in [5, 5.41) is 0. The van der Waals surface area contributed by atoms with Crippen molar-refractivity contribution in [3.8, 4) is 0 Å². The molecule has 21 heavy (non-hydrogen) atoms. The lowest BCUT2D eigenvalue weighted by Crippen LogP contribution is -2.26. The van der Waals surface area contributed by atoms with Crippen LogP contribution in [0, 0.1) is 5.82 Å². The van der Waals surface area contributed by atoms with E-state index in [1.54, 1.807) is 30.3 Å². The number of carbonyl (C=O) groups excluding carboxylic acids is 1. The van der Waals surface area contributed by atoms with Crippen LogP contribution in [0.3, 0.4) is 0 Å². The molecular formula is C17H17BrFNO. The average Bonchev–Trinajstić information content (AvgIpc) is 2.50. The molecule has 0 aliphatic heterocycles. The first kappa shape index (κ1) is 15.7. The van der Waals surface area contributed by atoms with Gasteiger partial charge in [0.25, 0.3) is 0 Å². The van der Waals surface area contributed by atoms with Crippen LogP contribution in [0.2, 0.25) is 0 Å². The maximum absolute atomic E-state index is 13.8. The van der Waals surface area contributed by atoms with E-state index in [0.717, 1.165) is 4.47 Å². The molecule has 4 heteroatoms. The zero-order chi connectivity index (χ0) is 15.2. The molecule has 0 heterocycles. The summed E-state index contributed by atoms with van der Waals surface area (Å²) < 4.78 is 14.7. The van der Waals surface area contributed by atoms with E-state index in [0.29, 0.717) is 30.8 Å². The second-order valence-electron chi connectivity index (χ2n) is 4.71. The van der Waals surface area contributed by atoms with Gasteiger partial charge in [0.05, 0.1) is 5.69 Å². The Morgan fingerprint density at radius 2 is 1.81 bits per heavy atom. The largest absolute Gasteiger partial charge is 0.369 e. The molecule has 0 aliphatic rings. The van der Waals surface area contributed by atoms with Crippen molar-refractivity contribution >= 4 is 27.4 Å². The highest BCUT2D eigenvalue weighted by Crippen LogP contribution is 2.19. The maximum Gasteiger partial charge on any atom is 0.164 e. The van der Waals surface area contributed by atoms with Crippen molar-refractivity contribution in [2.24, 2.45) is 0 Å². The third-order valence-electron chi connectivity index (χ3n) is 3.35. The molecule has 2 aromatic carbocycles. The van der Waals surface area contributed by atoms with E-state index in [4.69, 9.17) is 0 Å². The van der Waals surface area contributed by atoms with E-state index in [2.05, 4.69) is 15.9 Å². The van der Waals surface area contributed by atoms with Crippen molar-refractivity contribution in [1.29, 1.82) is 0 Å². The van der Waals surface area contributed by atoms with Gasteiger partial charge in [-0.25, -0.2) is 4.39 Å². The summed E-state index contributed by atoms with van der Waals surface area (Å²) in [4.78, 5) is 14.0. The van der Waals surface area contributed by atoms with Crippen LogP contribution in [0.1, 0.15) is 23.7 Å². The zero-order valence-corrected chi connectivity index (χ0v) is 13.4. The number of para-hydroxylation sites is 1. The molecule has 2 nitrogen and oxygen atoms in total. The number of anilines is 1. The Bertz CT molecular complexity index is 612. The minimum absolute atomic E-state index is 0.0669. The van der Waals surface area contributed by atoms with Crippen molar-refractivity contribution in [3.05, 3.63) is 64.4 Å². The van der Waals surface area contributed by atoms with Crippen LogP contribution in [0.15, 0.2) is 53.0 Å². The molecule has 2 aromatic rings. The third-order valence-corrected chi connectivity index (χ3v) is 3.88. The predicted octanol–water partition coefficient (Wildman–Crippen LogP) is 4.69. The fourth-order valence-corrected chi connectivity index (χ4v) is 2.44. The van der Waals surface area contributed by atoms with Gasteiger partial charge in [-0.05, 0) is 31.2 Å². The van der Waals surface area contributed by atoms with Gasteiger partial charge in [-0.2, -0.15) is 0 Å². The highest BCUT2D eigenvalue weighted by molar-refractivity contribution is 9.10. The van der Waals surface area contributed by atoms with Gasteiger partial charge >= 0.3 is 0 Å². The molecule has 0 amide bonds. The molecule has 0 spiro atoms. The summed E-state index contributed by atoms with van der Waals surface area (Å²) in [6, 6.07) is 13.9. The Hall–Kier alpha value is -1.68. The highest BCUT2D eigenvalue weighted by Gasteiger charge is 2.12. The van der Waals surface area contributed by atoms with E-state index in [1.165, 1.54) is 6.07 Å². The van der Waals surface area contributed by atoms with Gasteiger partial charge in [0, 0.05) is 29.5 Å². The molecule has 2 rings (SSSR count). The number of benzene rings is 2. The number of hydrogen-bond acceptors (Lipinski definition) is 2. The first-order valence-corrected chi connectivity index (χ1v) is 7.69. The van der Waals surface area contributed by atoms with Crippen LogP contribution in [-0.2, 0) is 0 Å². The molecule has 0 saturated heterocycles. The third kappa shape index (κ3) is 4.14.